The Morgan fingerprint density at radius 2 is 2.29 bits per heavy atom. The topological polar surface area (TPSA) is 88.1 Å². The third kappa shape index (κ3) is 4.07. The van der Waals surface area contributed by atoms with Gasteiger partial charge in [0, 0.05) is 20.3 Å². The zero-order chi connectivity index (χ0) is 15.2. The maximum atomic E-state index is 12.4. The maximum absolute atomic E-state index is 12.4. The third-order valence-electron chi connectivity index (χ3n) is 4.18. The lowest BCUT2D eigenvalue weighted by Gasteiger charge is -2.38. The fraction of sp³-hybridized carbons (Fsp3) is 0.857. The molecule has 0 bridgehead atoms. The summed E-state index contributed by atoms with van der Waals surface area (Å²) in [5.41, 5.74) is 0. The van der Waals surface area contributed by atoms with Gasteiger partial charge in [-0.25, -0.2) is 9.59 Å². The molecule has 0 aromatic rings. The van der Waals surface area contributed by atoms with Gasteiger partial charge in [0.1, 0.15) is 6.04 Å². The van der Waals surface area contributed by atoms with E-state index in [0.29, 0.717) is 32.6 Å². The Kier molecular flexibility index (Phi) is 5.81. The Bertz CT molecular complexity index is 376. The molecule has 2 N–H and O–H groups in total. The molecule has 3 atom stereocenters. The molecule has 1 saturated heterocycles. The van der Waals surface area contributed by atoms with Gasteiger partial charge in [-0.2, -0.15) is 0 Å². The molecule has 120 valence electrons. The van der Waals surface area contributed by atoms with Gasteiger partial charge in [-0.1, -0.05) is 0 Å². The number of aliphatic carboxylic acids is 1. The first kappa shape index (κ1) is 16.0. The molecule has 2 rings (SSSR count). The number of rotatable bonds is 6. The Morgan fingerprint density at radius 3 is 3.00 bits per heavy atom. The number of nitrogens with zero attached hydrogens (tertiary/aromatic N) is 1. The van der Waals surface area contributed by atoms with E-state index in [1.54, 1.807) is 12.0 Å². The van der Waals surface area contributed by atoms with Crippen LogP contribution >= 0.6 is 0 Å². The number of fused-ring (bicyclic) bond motifs is 1. The Hall–Kier alpha value is -1.34. The molecular weight excluding hydrogens is 276 g/mol. The Labute approximate surface area is 124 Å². The van der Waals surface area contributed by atoms with E-state index < -0.39 is 12.0 Å². The van der Waals surface area contributed by atoms with Crippen LogP contribution in [0.15, 0.2) is 0 Å². The van der Waals surface area contributed by atoms with Crippen molar-refractivity contribution >= 4 is 12.0 Å². The van der Waals surface area contributed by atoms with Crippen molar-refractivity contribution in [3.63, 3.8) is 0 Å². The van der Waals surface area contributed by atoms with Gasteiger partial charge in [0.05, 0.1) is 18.8 Å². The van der Waals surface area contributed by atoms with E-state index in [0.717, 1.165) is 19.3 Å². The molecule has 21 heavy (non-hydrogen) atoms. The highest BCUT2D eigenvalue weighted by Gasteiger charge is 2.39. The normalized spacial score (nSPS) is 26.2. The molecule has 2 amide bonds. The summed E-state index contributed by atoms with van der Waals surface area (Å²) in [6, 6.07) is -1.07. The molecule has 0 aromatic carbocycles. The smallest absolute Gasteiger partial charge is 0.326 e. The minimum Gasteiger partial charge on any atom is -0.480 e. The molecule has 1 aliphatic heterocycles. The van der Waals surface area contributed by atoms with Crippen LogP contribution in [0.4, 0.5) is 4.79 Å². The van der Waals surface area contributed by atoms with Crippen LogP contribution in [-0.4, -0.2) is 67.1 Å². The quantitative estimate of drug-likeness (QED) is 0.709. The van der Waals surface area contributed by atoms with Crippen LogP contribution in [0.1, 0.15) is 32.1 Å². The van der Waals surface area contributed by atoms with E-state index in [4.69, 9.17) is 9.47 Å². The molecule has 7 heteroatoms. The number of carboxylic acid groups (broad SMARTS) is 1. The minimum atomic E-state index is -1.00. The van der Waals surface area contributed by atoms with Crippen molar-refractivity contribution in [1.29, 1.82) is 0 Å². The number of amides is 2. The van der Waals surface area contributed by atoms with Gasteiger partial charge in [-0.05, 0) is 32.1 Å². The summed E-state index contributed by atoms with van der Waals surface area (Å²) < 4.78 is 10.6. The van der Waals surface area contributed by atoms with E-state index >= 15 is 0 Å². The lowest BCUT2D eigenvalue weighted by atomic mass is 10.1. The number of carboxylic acids is 1. The largest absolute Gasteiger partial charge is 0.480 e. The predicted octanol–water partition coefficient (Wildman–Crippen LogP) is 0.829. The number of ether oxygens (including phenoxy) is 2. The summed E-state index contributed by atoms with van der Waals surface area (Å²) in [6.07, 6.45) is 4.04. The fourth-order valence-electron chi connectivity index (χ4n) is 3.10. The molecule has 0 aromatic heterocycles. The van der Waals surface area contributed by atoms with Crippen molar-refractivity contribution in [2.45, 2.75) is 50.3 Å². The number of urea groups is 1. The SMILES string of the molecule is COCCCC(NC(=O)N1CCOC2CCCC21)C(=O)O. The van der Waals surface area contributed by atoms with Gasteiger partial charge >= 0.3 is 12.0 Å². The standard InChI is InChI=1S/C14H24N2O5/c1-20-8-3-4-10(13(17)18)15-14(19)16-7-9-21-12-6-2-5-11(12)16/h10-12H,2-9H2,1H3,(H,15,19)(H,17,18). The number of methoxy groups -OCH3 is 1. The van der Waals surface area contributed by atoms with Crippen LogP contribution in [0.3, 0.4) is 0 Å². The third-order valence-corrected chi connectivity index (χ3v) is 4.18. The maximum Gasteiger partial charge on any atom is 0.326 e. The van der Waals surface area contributed by atoms with Crippen molar-refractivity contribution in [3.05, 3.63) is 0 Å². The highest BCUT2D eigenvalue weighted by atomic mass is 16.5. The summed E-state index contributed by atoms with van der Waals surface area (Å²) in [5.74, 6) is -1.00. The molecule has 1 heterocycles. The lowest BCUT2D eigenvalue weighted by Crippen LogP contribution is -2.57. The number of morpholine rings is 1. The van der Waals surface area contributed by atoms with E-state index in [1.807, 2.05) is 0 Å². The molecule has 0 spiro atoms. The zero-order valence-electron chi connectivity index (χ0n) is 12.4. The van der Waals surface area contributed by atoms with Gasteiger partial charge in [-0.3, -0.25) is 0 Å². The van der Waals surface area contributed by atoms with E-state index in [1.165, 1.54) is 0 Å². The van der Waals surface area contributed by atoms with Gasteiger partial charge in [0.2, 0.25) is 0 Å². The van der Waals surface area contributed by atoms with Crippen molar-refractivity contribution in [2.75, 3.05) is 26.9 Å². The van der Waals surface area contributed by atoms with E-state index in [2.05, 4.69) is 5.32 Å². The molecule has 1 saturated carbocycles. The minimum absolute atomic E-state index is 0.0900. The molecule has 3 unspecified atom stereocenters. The van der Waals surface area contributed by atoms with Crippen LogP contribution in [0, 0.1) is 0 Å². The van der Waals surface area contributed by atoms with Gasteiger partial charge in [0.25, 0.3) is 0 Å². The first-order valence-corrected chi connectivity index (χ1v) is 7.54. The predicted molar refractivity (Wildman–Crippen MR) is 75.2 cm³/mol. The number of nitrogens with one attached hydrogen (secondary N) is 1. The lowest BCUT2D eigenvalue weighted by molar-refractivity contribution is -0.139. The molecule has 2 aliphatic rings. The van der Waals surface area contributed by atoms with Crippen LogP contribution in [-0.2, 0) is 14.3 Å². The average molecular weight is 300 g/mol. The van der Waals surface area contributed by atoms with E-state index in [9.17, 15) is 14.7 Å². The summed E-state index contributed by atoms with van der Waals surface area (Å²) in [4.78, 5) is 25.3. The second kappa shape index (κ2) is 7.61. The highest BCUT2D eigenvalue weighted by molar-refractivity contribution is 5.82. The molecule has 1 aliphatic carbocycles. The monoisotopic (exact) mass is 300 g/mol. The number of carbonyl (C=O) groups is 2. The van der Waals surface area contributed by atoms with Crippen LogP contribution in [0.25, 0.3) is 0 Å². The van der Waals surface area contributed by atoms with Crippen LogP contribution in [0.2, 0.25) is 0 Å². The first-order valence-electron chi connectivity index (χ1n) is 7.54. The van der Waals surface area contributed by atoms with Crippen molar-refractivity contribution in [2.24, 2.45) is 0 Å². The summed E-state index contributed by atoms with van der Waals surface area (Å²) in [5, 5.41) is 11.8. The average Bonchev–Trinajstić information content (AvgIpc) is 2.94. The number of carbonyl (C=O) groups excluding carboxylic acids is 1. The zero-order valence-corrected chi connectivity index (χ0v) is 12.4. The summed E-state index contributed by atoms with van der Waals surface area (Å²) in [7, 11) is 1.57. The highest BCUT2D eigenvalue weighted by Crippen LogP contribution is 2.29. The van der Waals surface area contributed by atoms with Crippen LogP contribution in [0.5, 0.6) is 0 Å². The van der Waals surface area contributed by atoms with Crippen molar-refractivity contribution in [1.82, 2.24) is 10.2 Å². The Morgan fingerprint density at radius 1 is 1.48 bits per heavy atom. The fourth-order valence-corrected chi connectivity index (χ4v) is 3.10. The molecule has 2 fully saturated rings. The summed E-state index contributed by atoms with van der Waals surface area (Å²) in [6.45, 7) is 1.54. The summed E-state index contributed by atoms with van der Waals surface area (Å²) >= 11 is 0. The van der Waals surface area contributed by atoms with Crippen molar-refractivity contribution < 1.29 is 24.2 Å². The number of hydrogen-bond acceptors (Lipinski definition) is 4. The van der Waals surface area contributed by atoms with E-state index in [-0.39, 0.29) is 18.2 Å². The molecule has 7 nitrogen and oxygen atoms in total. The number of hydrogen-bond donors (Lipinski definition) is 2. The van der Waals surface area contributed by atoms with Crippen LogP contribution < -0.4 is 5.32 Å². The molecule has 0 radical (unpaired) electrons. The second-order valence-electron chi connectivity index (χ2n) is 5.58. The van der Waals surface area contributed by atoms with Crippen molar-refractivity contribution in [3.8, 4) is 0 Å². The van der Waals surface area contributed by atoms with Gasteiger partial charge in [-0.15, -0.1) is 0 Å². The second-order valence-corrected chi connectivity index (χ2v) is 5.58. The first-order chi connectivity index (χ1) is 10.1. The molecular formula is C14H24N2O5. The van der Waals surface area contributed by atoms with Gasteiger partial charge < -0.3 is 24.8 Å². The van der Waals surface area contributed by atoms with Gasteiger partial charge in [0.15, 0.2) is 0 Å². The Balaban J connectivity index is 1.89.